The van der Waals surface area contributed by atoms with E-state index >= 15 is 0 Å². The van der Waals surface area contributed by atoms with E-state index in [1.54, 1.807) is 24.3 Å². The minimum absolute atomic E-state index is 0.154. The van der Waals surface area contributed by atoms with Gasteiger partial charge in [-0.15, -0.1) is 0 Å². The molecular weight excluding hydrogens is 221 g/mol. The number of benzene rings is 1. The van der Waals surface area contributed by atoms with Gasteiger partial charge in [-0.25, -0.2) is 4.39 Å². The van der Waals surface area contributed by atoms with Gasteiger partial charge < -0.3 is 9.73 Å². The number of furan rings is 1. The molecule has 0 atom stereocenters. The molecule has 0 unspecified atom stereocenters. The third-order valence-electron chi connectivity index (χ3n) is 2.07. The zero-order valence-corrected chi connectivity index (χ0v) is 8.89. The average Bonchev–Trinajstić information content (AvgIpc) is 2.82. The summed E-state index contributed by atoms with van der Waals surface area (Å²) in [6, 6.07) is 9.42. The lowest BCUT2D eigenvalue weighted by Gasteiger charge is -2.02. The standard InChI is InChI=1S/C13H10FNO2/c14-11-5-1-2-6-12(11)15-13(16)8-7-10-4-3-9-17-10/h1-9H,(H,15,16)/b8-7+. The van der Waals surface area contributed by atoms with Gasteiger partial charge in [0.2, 0.25) is 5.91 Å². The number of carbonyl (C=O) groups excluding carboxylic acids is 1. The van der Waals surface area contributed by atoms with Gasteiger partial charge in [-0.2, -0.15) is 0 Å². The van der Waals surface area contributed by atoms with Crippen LogP contribution in [0.25, 0.3) is 6.08 Å². The largest absolute Gasteiger partial charge is 0.465 e. The van der Waals surface area contributed by atoms with Crippen molar-refractivity contribution in [3.8, 4) is 0 Å². The molecule has 4 heteroatoms. The lowest BCUT2D eigenvalue weighted by atomic mass is 10.3. The summed E-state index contributed by atoms with van der Waals surface area (Å²) in [5, 5.41) is 2.43. The molecule has 1 aromatic carbocycles. The molecule has 0 saturated carbocycles. The highest BCUT2D eigenvalue weighted by Crippen LogP contribution is 2.12. The van der Waals surface area contributed by atoms with Crippen LogP contribution in [0, 0.1) is 5.82 Å². The van der Waals surface area contributed by atoms with E-state index in [1.165, 1.54) is 30.5 Å². The van der Waals surface area contributed by atoms with Gasteiger partial charge in [-0.1, -0.05) is 12.1 Å². The van der Waals surface area contributed by atoms with E-state index < -0.39 is 11.7 Å². The number of carbonyl (C=O) groups is 1. The Labute approximate surface area is 97.6 Å². The summed E-state index contributed by atoms with van der Waals surface area (Å²) in [6.07, 6.45) is 4.30. The summed E-state index contributed by atoms with van der Waals surface area (Å²) < 4.78 is 18.2. The monoisotopic (exact) mass is 231 g/mol. The van der Waals surface area contributed by atoms with Gasteiger partial charge >= 0.3 is 0 Å². The molecule has 0 bridgehead atoms. The fourth-order valence-corrected chi connectivity index (χ4v) is 1.28. The molecule has 1 amide bonds. The topological polar surface area (TPSA) is 42.2 Å². The molecule has 0 aliphatic carbocycles. The van der Waals surface area contributed by atoms with Gasteiger partial charge in [-0.05, 0) is 30.3 Å². The molecule has 2 rings (SSSR count). The maximum Gasteiger partial charge on any atom is 0.248 e. The Kier molecular flexibility index (Phi) is 3.35. The SMILES string of the molecule is O=C(/C=C/c1ccco1)Nc1ccccc1F. The van der Waals surface area contributed by atoms with Crippen LogP contribution in [0.3, 0.4) is 0 Å². The van der Waals surface area contributed by atoms with Crippen molar-refractivity contribution in [3.63, 3.8) is 0 Å². The number of halogens is 1. The summed E-state index contributed by atoms with van der Waals surface area (Å²) in [6.45, 7) is 0. The lowest BCUT2D eigenvalue weighted by Crippen LogP contribution is -2.08. The van der Waals surface area contributed by atoms with Crippen LogP contribution in [-0.2, 0) is 4.79 Å². The number of hydrogen-bond donors (Lipinski definition) is 1. The highest BCUT2D eigenvalue weighted by molar-refractivity contribution is 6.01. The first kappa shape index (κ1) is 11.1. The highest BCUT2D eigenvalue weighted by Gasteiger charge is 2.02. The maximum absolute atomic E-state index is 13.2. The van der Waals surface area contributed by atoms with Crippen LogP contribution in [0.4, 0.5) is 10.1 Å². The van der Waals surface area contributed by atoms with Gasteiger partial charge in [-0.3, -0.25) is 4.79 Å². The normalized spacial score (nSPS) is 10.6. The van der Waals surface area contributed by atoms with Crippen molar-refractivity contribution in [2.45, 2.75) is 0 Å². The van der Waals surface area contributed by atoms with Crippen LogP contribution in [0.2, 0.25) is 0 Å². The maximum atomic E-state index is 13.2. The molecule has 0 saturated heterocycles. The molecule has 0 fully saturated rings. The zero-order chi connectivity index (χ0) is 12.1. The Hall–Kier alpha value is -2.36. The van der Waals surface area contributed by atoms with Crippen molar-refractivity contribution in [1.29, 1.82) is 0 Å². The van der Waals surface area contributed by atoms with Crippen molar-refractivity contribution in [2.24, 2.45) is 0 Å². The van der Waals surface area contributed by atoms with Crippen LogP contribution < -0.4 is 5.32 Å². The summed E-state index contributed by atoms with van der Waals surface area (Å²) in [7, 11) is 0. The Balaban J connectivity index is 2.01. The van der Waals surface area contributed by atoms with E-state index in [9.17, 15) is 9.18 Å². The zero-order valence-electron chi connectivity index (χ0n) is 8.89. The smallest absolute Gasteiger partial charge is 0.248 e. The van der Waals surface area contributed by atoms with Crippen LogP contribution in [0.15, 0.2) is 53.2 Å². The first-order chi connectivity index (χ1) is 8.25. The minimum atomic E-state index is -0.466. The number of anilines is 1. The average molecular weight is 231 g/mol. The van der Waals surface area contributed by atoms with Crippen LogP contribution in [-0.4, -0.2) is 5.91 Å². The second kappa shape index (κ2) is 5.12. The van der Waals surface area contributed by atoms with Crippen LogP contribution in [0.1, 0.15) is 5.76 Å². The number of para-hydroxylation sites is 1. The van der Waals surface area contributed by atoms with E-state index in [4.69, 9.17) is 4.42 Å². The molecule has 0 spiro atoms. The lowest BCUT2D eigenvalue weighted by molar-refractivity contribution is -0.111. The van der Waals surface area contributed by atoms with Gasteiger partial charge in [0.1, 0.15) is 11.6 Å². The van der Waals surface area contributed by atoms with Crippen molar-refractivity contribution in [3.05, 3.63) is 60.3 Å². The van der Waals surface area contributed by atoms with Crippen molar-refractivity contribution < 1.29 is 13.6 Å². The Bertz CT molecular complexity index is 532. The van der Waals surface area contributed by atoms with E-state index in [0.717, 1.165) is 0 Å². The third-order valence-corrected chi connectivity index (χ3v) is 2.07. The molecule has 1 aromatic heterocycles. The van der Waals surface area contributed by atoms with Crippen molar-refractivity contribution in [1.82, 2.24) is 0 Å². The molecular formula is C13H10FNO2. The van der Waals surface area contributed by atoms with Gasteiger partial charge in [0.15, 0.2) is 0 Å². The van der Waals surface area contributed by atoms with Crippen molar-refractivity contribution >= 4 is 17.7 Å². The Morgan fingerprint density at radius 3 is 2.76 bits per heavy atom. The van der Waals surface area contributed by atoms with E-state index in [-0.39, 0.29) is 5.69 Å². The highest BCUT2D eigenvalue weighted by atomic mass is 19.1. The fraction of sp³-hybridized carbons (Fsp3) is 0. The molecule has 1 N–H and O–H groups in total. The molecule has 0 aliphatic heterocycles. The summed E-state index contributed by atoms with van der Waals surface area (Å²) >= 11 is 0. The van der Waals surface area contributed by atoms with Gasteiger partial charge in [0.05, 0.1) is 12.0 Å². The molecule has 86 valence electrons. The Morgan fingerprint density at radius 2 is 2.06 bits per heavy atom. The predicted molar refractivity (Wildman–Crippen MR) is 62.8 cm³/mol. The van der Waals surface area contributed by atoms with Crippen LogP contribution in [0.5, 0.6) is 0 Å². The minimum Gasteiger partial charge on any atom is -0.465 e. The van der Waals surface area contributed by atoms with Gasteiger partial charge in [0.25, 0.3) is 0 Å². The van der Waals surface area contributed by atoms with Crippen molar-refractivity contribution in [2.75, 3.05) is 5.32 Å². The summed E-state index contributed by atoms with van der Waals surface area (Å²) in [4.78, 5) is 11.5. The molecule has 17 heavy (non-hydrogen) atoms. The third kappa shape index (κ3) is 3.04. The Morgan fingerprint density at radius 1 is 1.24 bits per heavy atom. The molecule has 3 nitrogen and oxygen atoms in total. The van der Waals surface area contributed by atoms with E-state index in [1.807, 2.05) is 0 Å². The summed E-state index contributed by atoms with van der Waals surface area (Å²) in [5.74, 6) is -0.313. The van der Waals surface area contributed by atoms with E-state index in [2.05, 4.69) is 5.32 Å². The first-order valence-corrected chi connectivity index (χ1v) is 5.03. The summed E-state index contributed by atoms with van der Waals surface area (Å²) in [5.41, 5.74) is 0.154. The second-order valence-corrected chi connectivity index (χ2v) is 3.32. The first-order valence-electron chi connectivity index (χ1n) is 5.03. The number of amides is 1. The predicted octanol–water partition coefficient (Wildman–Crippen LogP) is 3.07. The number of nitrogens with one attached hydrogen (secondary N) is 1. The number of rotatable bonds is 3. The molecule has 0 radical (unpaired) electrons. The fourth-order valence-electron chi connectivity index (χ4n) is 1.28. The number of hydrogen-bond acceptors (Lipinski definition) is 2. The van der Waals surface area contributed by atoms with Gasteiger partial charge in [0, 0.05) is 6.08 Å². The molecule has 0 aliphatic rings. The second-order valence-electron chi connectivity index (χ2n) is 3.32. The molecule has 1 heterocycles. The quantitative estimate of drug-likeness (QED) is 0.825. The molecule has 2 aromatic rings. The van der Waals surface area contributed by atoms with E-state index in [0.29, 0.717) is 5.76 Å². The van der Waals surface area contributed by atoms with Crippen LogP contribution >= 0.6 is 0 Å².